The minimum atomic E-state index is 0.608. The van der Waals surface area contributed by atoms with E-state index in [0.717, 1.165) is 24.4 Å². The Labute approximate surface area is 151 Å². The lowest BCUT2D eigenvalue weighted by molar-refractivity contribution is 0.253. The van der Waals surface area contributed by atoms with Crippen molar-refractivity contribution < 1.29 is 0 Å². The molecule has 132 valence electrons. The van der Waals surface area contributed by atoms with Gasteiger partial charge >= 0.3 is 0 Å². The molecule has 0 amide bonds. The lowest BCUT2D eigenvalue weighted by Gasteiger charge is -2.29. The second-order valence-corrected chi connectivity index (χ2v) is 8.11. The molecule has 2 aromatic rings. The summed E-state index contributed by atoms with van der Waals surface area (Å²) in [7, 11) is 2.22. The summed E-state index contributed by atoms with van der Waals surface area (Å²) < 4.78 is 0. The molecule has 0 saturated carbocycles. The Balaban J connectivity index is 1.68. The van der Waals surface area contributed by atoms with Gasteiger partial charge in [0.15, 0.2) is 0 Å². The van der Waals surface area contributed by atoms with Gasteiger partial charge in [0, 0.05) is 29.3 Å². The molecule has 0 aliphatic carbocycles. The first kappa shape index (κ1) is 16.7. The Kier molecular flexibility index (Phi) is 4.60. The Morgan fingerprint density at radius 2 is 1.88 bits per heavy atom. The second kappa shape index (κ2) is 6.87. The predicted molar refractivity (Wildman–Crippen MR) is 106 cm³/mol. The van der Waals surface area contributed by atoms with Gasteiger partial charge in [0.25, 0.3) is 0 Å². The van der Waals surface area contributed by atoms with Crippen molar-refractivity contribution in [2.75, 3.05) is 26.7 Å². The maximum absolute atomic E-state index is 5.12. The first-order valence-corrected chi connectivity index (χ1v) is 9.73. The van der Waals surface area contributed by atoms with Crippen LogP contribution in [0.3, 0.4) is 0 Å². The summed E-state index contributed by atoms with van der Waals surface area (Å²) in [5, 5.41) is 1.25. The molecule has 2 aliphatic rings. The van der Waals surface area contributed by atoms with Gasteiger partial charge in [-0.1, -0.05) is 19.1 Å². The molecule has 3 heteroatoms. The molecule has 1 aromatic heterocycles. The summed E-state index contributed by atoms with van der Waals surface area (Å²) in [4.78, 5) is 12.4. The topological polar surface area (TPSA) is 28.5 Å². The summed E-state index contributed by atoms with van der Waals surface area (Å²) in [6.07, 6.45) is 4.79. The van der Waals surface area contributed by atoms with Crippen LogP contribution in [0.2, 0.25) is 0 Å². The number of aryl methyl sites for hydroxylation is 1. The third-order valence-electron chi connectivity index (χ3n) is 5.95. The molecule has 1 fully saturated rings. The van der Waals surface area contributed by atoms with Crippen molar-refractivity contribution in [3.05, 3.63) is 41.1 Å². The number of aromatic nitrogens is 1. The molecule has 0 bridgehead atoms. The van der Waals surface area contributed by atoms with Crippen LogP contribution in [0.1, 0.15) is 55.3 Å². The van der Waals surface area contributed by atoms with Crippen molar-refractivity contribution in [1.29, 1.82) is 0 Å². The van der Waals surface area contributed by atoms with Gasteiger partial charge in [-0.25, -0.2) is 0 Å². The lowest BCUT2D eigenvalue weighted by atomic mass is 9.90. The molecular weight excluding hydrogens is 306 g/mol. The molecule has 1 aromatic carbocycles. The average molecular weight is 335 g/mol. The maximum atomic E-state index is 5.12. The number of hydrogen-bond donors (Lipinski definition) is 0. The minimum Gasteiger partial charge on any atom is -0.306 e. The van der Waals surface area contributed by atoms with Crippen LogP contribution >= 0.6 is 0 Å². The van der Waals surface area contributed by atoms with Crippen LogP contribution in [0.25, 0.3) is 10.9 Å². The predicted octanol–water partition coefficient (Wildman–Crippen LogP) is 4.57. The van der Waals surface area contributed by atoms with Crippen LogP contribution in [0.4, 0.5) is 0 Å². The molecule has 0 radical (unpaired) electrons. The highest BCUT2D eigenvalue weighted by Crippen LogP contribution is 2.31. The smallest absolute Gasteiger partial charge is 0.0712 e. The Morgan fingerprint density at radius 1 is 1.08 bits per heavy atom. The molecule has 0 unspecified atom stereocenters. The highest BCUT2D eigenvalue weighted by atomic mass is 15.1. The number of likely N-dealkylation sites (tertiary alicyclic amines) is 1. The zero-order chi connectivity index (χ0) is 17.4. The van der Waals surface area contributed by atoms with Gasteiger partial charge in [0.1, 0.15) is 0 Å². The van der Waals surface area contributed by atoms with Crippen LogP contribution in [-0.4, -0.2) is 42.3 Å². The average Bonchev–Trinajstić information content (AvgIpc) is 2.62. The molecule has 3 heterocycles. The number of rotatable bonds is 2. The van der Waals surface area contributed by atoms with E-state index in [2.05, 4.69) is 50.1 Å². The third-order valence-corrected chi connectivity index (χ3v) is 5.95. The van der Waals surface area contributed by atoms with E-state index >= 15 is 0 Å². The summed E-state index contributed by atoms with van der Waals surface area (Å²) in [5.74, 6) is 1.33. The fraction of sp³-hybridized carbons (Fsp3) is 0.545. The fourth-order valence-corrected chi connectivity index (χ4v) is 4.22. The lowest BCUT2D eigenvalue weighted by Crippen LogP contribution is -2.29. The van der Waals surface area contributed by atoms with Crippen molar-refractivity contribution >= 4 is 16.6 Å². The van der Waals surface area contributed by atoms with E-state index in [4.69, 9.17) is 9.98 Å². The first-order chi connectivity index (χ1) is 12.1. The number of pyridine rings is 1. The largest absolute Gasteiger partial charge is 0.306 e. The van der Waals surface area contributed by atoms with Gasteiger partial charge in [-0.05, 0) is 81.9 Å². The van der Waals surface area contributed by atoms with Crippen LogP contribution in [0.15, 0.2) is 29.3 Å². The van der Waals surface area contributed by atoms with E-state index in [0.29, 0.717) is 5.92 Å². The molecule has 0 spiro atoms. The zero-order valence-electron chi connectivity index (χ0n) is 15.8. The van der Waals surface area contributed by atoms with Crippen molar-refractivity contribution in [2.24, 2.45) is 10.9 Å². The highest BCUT2D eigenvalue weighted by Gasteiger charge is 2.22. The first-order valence-electron chi connectivity index (χ1n) is 9.73. The minimum absolute atomic E-state index is 0.608. The van der Waals surface area contributed by atoms with Gasteiger partial charge in [-0.3, -0.25) is 9.98 Å². The Bertz CT molecular complexity index is 800. The maximum Gasteiger partial charge on any atom is 0.0712 e. The van der Waals surface area contributed by atoms with Crippen molar-refractivity contribution in [3.8, 4) is 0 Å². The summed E-state index contributed by atoms with van der Waals surface area (Å²) in [6, 6.07) is 9.05. The number of piperidine rings is 1. The van der Waals surface area contributed by atoms with Crippen LogP contribution in [0, 0.1) is 12.8 Å². The zero-order valence-corrected chi connectivity index (χ0v) is 15.8. The molecule has 0 N–H and O–H groups in total. The highest BCUT2D eigenvalue weighted by molar-refractivity contribution is 6.03. The van der Waals surface area contributed by atoms with Gasteiger partial charge in [0.05, 0.1) is 5.52 Å². The quantitative estimate of drug-likeness (QED) is 0.804. The molecule has 25 heavy (non-hydrogen) atoms. The third kappa shape index (κ3) is 3.48. The van der Waals surface area contributed by atoms with Crippen LogP contribution in [-0.2, 0) is 0 Å². The van der Waals surface area contributed by atoms with Gasteiger partial charge in [0.2, 0.25) is 0 Å². The standard InChI is InChI=1S/C22H29N3/c1-15-4-7-20(23-14-15)19-6-5-18-12-16(2)22(24-21(18)13-19)17-8-10-25(3)11-9-17/h5-6,12-13,15,17H,4,7-11,14H2,1-3H3/t15-/m0/s1. The normalized spacial score (nSPS) is 23.0. The fourth-order valence-electron chi connectivity index (χ4n) is 4.22. The molecule has 1 saturated heterocycles. The number of fused-ring (bicyclic) bond motifs is 1. The Hall–Kier alpha value is -1.74. The van der Waals surface area contributed by atoms with Crippen molar-refractivity contribution in [2.45, 2.75) is 45.4 Å². The molecule has 3 nitrogen and oxygen atoms in total. The Morgan fingerprint density at radius 3 is 2.60 bits per heavy atom. The number of hydrogen-bond acceptors (Lipinski definition) is 3. The summed E-state index contributed by atoms with van der Waals surface area (Å²) in [6.45, 7) is 7.84. The van der Waals surface area contributed by atoms with E-state index in [1.165, 1.54) is 60.3 Å². The number of benzene rings is 1. The van der Waals surface area contributed by atoms with Crippen LogP contribution < -0.4 is 0 Å². The van der Waals surface area contributed by atoms with Gasteiger partial charge in [-0.2, -0.15) is 0 Å². The molecule has 1 atom stereocenters. The van der Waals surface area contributed by atoms with E-state index in [1.807, 2.05) is 0 Å². The SMILES string of the molecule is Cc1cc2ccc(C3=NC[C@@H](C)CC3)cc2nc1C1CCN(C)CC1. The van der Waals surface area contributed by atoms with E-state index in [1.54, 1.807) is 0 Å². The summed E-state index contributed by atoms with van der Waals surface area (Å²) in [5.41, 5.74) is 6.34. The molecular formula is C22H29N3. The van der Waals surface area contributed by atoms with Crippen LogP contribution in [0.5, 0.6) is 0 Å². The van der Waals surface area contributed by atoms with Crippen molar-refractivity contribution in [3.63, 3.8) is 0 Å². The second-order valence-electron chi connectivity index (χ2n) is 8.11. The molecule has 2 aliphatic heterocycles. The summed E-state index contributed by atoms with van der Waals surface area (Å²) >= 11 is 0. The van der Waals surface area contributed by atoms with E-state index in [-0.39, 0.29) is 0 Å². The van der Waals surface area contributed by atoms with Gasteiger partial charge in [-0.15, -0.1) is 0 Å². The molecule has 4 rings (SSSR count). The van der Waals surface area contributed by atoms with E-state index < -0.39 is 0 Å². The number of aliphatic imine (C=N–C) groups is 1. The van der Waals surface area contributed by atoms with Crippen molar-refractivity contribution in [1.82, 2.24) is 9.88 Å². The van der Waals surface area contributed by atoms with Gasteiger partial charge < -0.3 is 4.90 Å². The monoisotopic (exact) mass is 335 g/mol. The number of nitrogens with zero attached hydrogens (tertiary/aromatic N) is 3. The van der Waals surface area contributed by atoms with E-state index in [9.17, 15) is 0 Å².